The van der Waals surface area contributed by atoms with Gasteiger partial charge in [0.1, 0.15) is 5.75 Å². The van der Waals surface area contributed by atoms with E-state index in [9.17, 15) is 9.59 Å². The van der Waals surface area contributed by atoms with Gasteiger partial charge in [-0.1, -0.05) is 64.7 Å². The Balaban J connectivity index is 1.54. The van der Waals surface area contributed by atoms with Gasteiger partial charge in [0, 0.05) is 20.2 Å². The number of nitrogens with zero attached hydrogens (tertiary/aromatic N) is 2. The highest BCUT2D eigenvalue weighted by Gasteiger charge is 2.21. The average molecular weight is 469 g/mol. The molecule has 9 heteroatoms. The van der Waals surface area contributed by atoms with Crippen LogP contribution in [-0.4, -0.2) is 48.3 Å². The van der Waals surface area contributed by atoms with E-state index >= 15 is 0 Å². The van der Waals surface area contributed by atoms with Gasteiger partial charge in [-0.3, -0.25) is 0 Å². The number of carbonyl (C=O) groups excluding carboxylic acids is 2. The molecule has 0 spiro atoms. The number of amides is 2. The minimum absolute atomic E-state index is 0.147. The molecule has 180 valence electrons. The summed E-state index contributed by atoms with van der Waals surface area (Å²) in [6, 6.07) is 4.88. The summed E-state index contributed by atoms with van der Waals surface area (Å²) in [5.74, 6) is 1.47. The van der Waals surface area contributed by atoms with Crippen LogP contribution in [0.1, 0.15) is 71.1 Å². The maximum atomic E-state index is 12.3. The van der Waals surface area contributed by atoms with Crippen LogP contribution in [0, 0.1) is 0 Å². The molecule has 1 aliphatic heterocycles. The van der Waals surface area contributed by atoms with E-state index in [1.807, 2.05) is 0 Å². The molecule has 32 heavy (non-hydrogen) atoms. The number of hydrogen-bond acceptors (Lipinski definition) is 7. The summed E-state index contributed by atoms with van der Waals surface area (Å²) in [6.45, 7) is 2.76. The quantitative estimate of drug-likeness (QED) is 0.231. The first-order valence-electron chi connectivity index (χ1n) is 11.4. The lowest BCUT2D eigenvalue weighted by molar-refractivity contribution is 0.129. The third-order valence-corrected chi connectivity index (χ3v) is 5.82. The van der Waals surface area contributed by atoms with Crippen LogP contribution in [0.25, 0.3) is 0 Å². The van der Waals surface area contributed by atoms with Crippen molar-refractivity contribution < 1.29 is 28.5 Å². The molecule has 1 aromatic carbocycles. The van der Waals surface area contributed by atoms with Gasteiger partial charge >= 0.3 is 12.2 Å². The summed E-state index contributed by atoms with van der Waals surface area (Å²) >= 11 is 0.905. The number of rotatable bonds is 14. The molecule has 0 saturated carbocycles. The van der Waals surface area contributed by atoms with Gasteiger partial charge in [-0.15, -0.1) is 0 Å². The lowest BCUT2D eigenvalue weighted by atomic mass is 10.1. The number of fused-ring (bicyclic) bond motifs is 1. The van der Waals surface area contributed by atoms with Crippen molar-refractivity contribution >= 4 is 24.3 Å². The summed E-state index contributed by atoms with van der Waals surface area (Å²) in [6.07, 6.45) is 11.1. The number of ether oxygens (including phenoxy) is 4. The number of hydrogen-bond donors (Lipinski definition) is 0. The van der Waals surface area contributed by atoms with Crippen molar-refractivity contribution in [2.45, 2.75) is 71.1 Å². The van der Waals surface area contributed by atoms with Gasteiger partial charge in [-0.25, -0.2) is 18.2 Å². The number of carbonyl (C=O) groups is 2. The number of benzene rings is 1. The molecule has 0 unspecified atom stereocenters. The van der Waals surface area contributed by atoms with E-state index in [1.54, 1.807) is 25.2 Å². The third-order valence-electron chi connectivity index (χ3n) is 5.03. The van der Waals surface area contributed by atoms with Crippen molar-refractivity contribution in [1.29, 1.82) is 0 Å². The van der Waals surface area contributed by atoms with Crippen molar-refractivity contribution in [1.82, 2.24) is 8.61 Å². The van der Waals surface area contributed by atoms with Gasteiger partial charge in [0.2, 0.25) is 6.79 Å². The second-order valence-corrected chi connectivity index (χ2v) is 9.01. The topological polar surface area (TPSA) is 77.5 Å². The Hall–Kier alpha value is -2.29. The molecule has 8 nitrogen and oxygen atoms in total. The Labute approximate surface area is 195 Å². The van der Waals surface area contributed by atoms with Crippen LogP contribution in [0.15, 0.2) is 18.2 Å². The Kier molecular flexibility index (Phi) is 11.9. The largest absolute Gasteiger partial charge is 0.454 e. The summed E-state index contributed by atoms with van der Waals surface area (Å²) in [5.41, 5.74) is 0. The van der Waals surface area contributed by atoms with Crippen LogP contribution in [-0.2, 0) is 4.74 Å². The molecule has 0 aromatic heterocycles. The summed E-state index contributed by atoms with van der Waals surface area (Å²) in [7, 11) is 3.07. The fourth-order valence-corrected chi connectivity index (χ4v) is 3.79. The lowest BCUT2D eigenvalue weighted by Gasteiger charge is -2.21. The predicted molar refractivity (Wildman–Crippen MR) is 125 cm³/mol. The minimum Gasteiger partial charge on any atom is -0.454 e. The first-order valence-corrected chi connectivity index (χ1v) is 12.2. The van der Waals surface area contributed by atoms with E-state index < -0.39 is 12.2 Å². The molecule has 2 amide bonds. The first kappa shape index (κ1) is 26.0. The van der Waals surface area contributed by atoms with Gasteiger partial charge in [-0.05, 0) is 18.6 Å². The van der Waals surface area contributed by atoms with Crippen LogP contribution in [0.5, 0.6) is 17.2 Å². The number of unbranched alkanes of at least 4 members (excludes halogenated alkanes) is 9. The molecule has 0 bridgehead atoms. The smallest absolute Gasteiger partial charge is 0.426 e. The highest BCUT2D eigenvalue weighted by molar-refractivity contribution is 7.95. The average Bonchev–Trinajstić information content (AvgIpc) is 3.25. The predicted octanol–water partition coefficient (Wildman–Crippen LogP) is 6.40. The van der Waals surface area contributed by atoms with Gasteiger partial charge in [0.25, 0.3) is 0 Å². The highest BCUT2D eigenvalue weighted by atomic mass is 32.2. The summed E-state index contributed by atoms with van der Waals surface area (Å²) in [4.78, 5) is 24.4. The molecular formula is C23H36N2O6S. The van der Waals surface area contributed by atoms with Gasteiger partial charge < -0.3 is 18.9 Å². The molecule has 0 N–H and O–H groups in total. The van der Waals surface area contributed by atoms with Gasteiger partial charge in [-0.2, -0.15) is 0 Å². The standard InChI is InChI=1S/C23H36N2O6S/c1-4-5-6-7-8-9-10-11-12-13-16-28-22(26)24(2)32-25(3)23(27)31-19-14-15-20-21(17-19)30-18-29-20/h14-15,17H,4-13,16,18H2,1-3H3. The van der Waals surface area contributed by atoms with Crippen LogP contribution in [0.4, 0.5) is 9.59 Å². The fraction of sp³-hybridized carbons (Fsp3) is 0.652. The van der Waals surface area contributed by atoms with Crippen molar-refractivity contribution in [2.75, 3.05) is 27.5 Å². The van der Waals surface area contributed by atoms with E-state index in [0.717, 1.165) is 25.0 Å². The molecule has 2 rings (SSSR count). The van der Waals surface area contributed by atoms with Crippen molar-refractivity contribution in [2.24, 2.45) is 0 Å². The van der Waals surface area contributed by atoms with E-state index in [2.05, 4.69) is 6.92 Å². The zero-order valence-electron chi connectivity index (χ0n) is 19.5. The Morgan fingerprint density at radius 1 is 0.875 bits per heavy atom. The van der Waals surface area contributed by atoms with E-state index in [4.69, 9.17) is 18.9 Å². The Bertz CT molecular complexity index is 718. The van der Waals surface area contributed by atoms with Crippen LogP contribution in [0.3, 0.4) is 0 Å². The molecular weight excluding hydrogens is 432 g/mol. The Morgan fingerprint density at radius 2 is 1.47 bits per heavy atom. The lowest BCUT2D eigenvalue weighted by Crippen LogP contribution is -2.31. The SMILES string of the molecule is CCCCCCCCCCCCOC(=O)N(C)SN(C)C(=O)Oc1ccc2c(c1)OCO2. The molecule has 1 heterocycles. The summed E-state index contributed by atoms with van der Waals surface area (Å²) in [5, 5.41) is 0. The second-order valence-electron chi connectivity index (χ2n) is 7.76. The van der Waals surface area contributed by atoms with Crippen molar-refractivity contribution in [3.63, 3.8) is 0 Å². The monoisotopic (exact) mass is 468 g/mol. The fourth-order valence-electron chi connectivity index (χ4n) is 3.20. The molecule has 1 aliphatic rings. The minimum atomic E-state index is -0.622. The molecule has 0 radical (unpaired) electrons. The summed E-state index contributed by atoms with van der Waals surface area (Å²) < 4.78 is 23.6. The molecule has 1 aromatic rings. The van der Waals surface area contributed by atoms with Crippen molar-refractivity contribution in [3.8, 4) is 17.2 Å². The highest BCUT2D eigenvalue weighted by Crippen LogP contribution is 2.35. The maximum absolute atomic E-state index is 12.3. The molecule has 0 saturated heterocycles. The van der Waals surface area contributed by atoms with Crippen LogP contribution >= 0.6 is 12.1 Å². The van der Waals surface area contributed by atoms with Crippen molar-refractivity contribution in [3.05, 3.63) is 18.2 Å². The van der Waals surface area contributed by atoms with E-state index in [0.29, 0.717) is 23.9 Å². The normalized spacial score (nSPS) is 11.8. The molecule has 0 atom stereocenters. The first-order chi connectivity index (χ1) is 15.5. The third kappa shape index (κ3) is 9.46. The van der Waals surface area contributed by atoms with Gasteiger partial charge in [0.15, 0.2) is 11.5 Å². The maximum Gasteiger partial charge on any atom is 0.426 e. The molecule has 0 aliphatic carbocycles. The van der Waals surface area contributed by atoms with E-state index in [1.165, 1.54) is 67.0 Å². The Morgan fingerprint density at radius 3 is 2.16 bits per heavy atom. The second kappa shape index (κ2) is 14.7. The zero-order valence-corrected chi connectivity index (χ0v) is 20.3. The zero-order chi connectivity index (χ0) is 23.2. The molecule has 0 fully saturated rings. The van der Waals surface area contributed by atoms with Gasteiger partial charge in [0.05, 0.1) is 18.7 Å². The van der Waals surface area contributed by atoms with Crippen LogP contribution in [0.2, 0.25) is 0 Å². The van der Waals surface area contributed by atoms with E-state index in [-0.39, 0.29) is 6.79 Å². The van der Waals surface area contributed by atoms with Crippen LogP contribution < -0.4 is 14.2 Å².